The maximum Gasteiger partial charge on any atom is 0.325 e. The van der Waals surface area contributed by atoms with Crippen molar-refractivity contribution < 1.29 is 9.59 Å². The summed E-state index contributed by atoms with van der Waals surface area (Å²) in [6.45, 7) is 7.83. The van der Waals surface area contributed by atoms with Gasteiger partial charge in [0.2, 0.25) is 0 Å². The van der Waals surface area contributed by atoms with Crippen LogP contribution in [0.5, 0.6) is 0 Å². The van der Waals surface area contributed by atoms with Gasteiger partial charge in [0, 0.05) is 30.5 Å². The molecule has 2 fully saturated rings. The Morgan fingerprint density at radius 1 is 1.12 bits per heavy atom. The molecule has 2 aliphatic heterocycles. The molecule has 0 saturated carbocycles. The third-order valence-corrected chi connectivity index (χ3v) is 7.57. The zero-order valence-electron chi connectivity index (χ0n) is 18.6. The minimum absolute atomic E-state index is 0.106. The maximum atomic E-state index is 13.3. The number of fused-ring (bicyclic) bond motifs is 1. The minimum Gasteiger partial charge on any atom is -0.323 e. The number of hydrogen-bond donors (Lipinski definition) is 1. The fourth-order valence-electron chi connectivity index (χ4n) is 4.99. The highest BCUT2D eigenvalue weighted by Gasteiger charge is 2.52. The van der Waals surface area contributed by atoms with E-state index in [-0.39, 0.29) is 24.5 Å². The van der Waals surface area contributed by atoms with Gasteiger partial charge < -0.3 is 5.32 Å². The first kappa shape index (κ1) is 21.0. The van der Waals surface area contributed by atoms with Crippen LogP contribution in [0.3, 0.4) is 0 Å². The number of nitrogens with one attached hydrogen (secondary N) is 1. The number of thiazole rings is 1. The summed E-state index contributed by atoms with van der Waals surface area (Å²) < 4.78 is 1.19. The molecule has 2 aromatic heterocycles. The monoisotopic (exact) mass is 449 g/mol. The lowest BCUT2D eigenvalue weighted by molar-refractivity contribution is -0.133. The lowest BCUT2D eigenvalue weighted by Crippen LogP contribution is -2.55. The number of aryl methyl sites for hydroxylation is 2. The standard InChI is InChI=1S/C24H27N5O2S/c1-15-10-18(11-16(2)26-15)13-29-22(30)24(27-23(29)31)6-8-28(9-7-24)17(3)19-4-5-21-20(12-19)25-14-32-21/h4-5,10-12,14,17H,6-9,13H2,1-3H3,(H,27,31)/t17-/m0/s1. The molecule has 1 N–H and O–H groups in total. The zero-order chi connectivity index (χ0) is 22.5. The summed E-state index contributed by atoms with van der Waals surface area (Å²) in [7, 11) is 0. The molecule has 3 aromatic rings. The normalized spacial score (nSPS) is 19.7. The number of carbonyl (C=O) groups is 2. The fourth-order valence-corrected chi connectivity index (χ4v) is 5.65. The summed E-state index contributed by atoms with van der Waals surface area (Å²) in [5.74, 6) is -0.106. The minimum atomic E-state index is -0.788. The second-order valence-corrected chi connectivity index (χ2v) is 9.84. The Hall–Kier alpha value is -2.84. The van der Waals surface area contributed by atoms with E-state index >= 15 is 0 Å². The Bertz CT molecular complexity index is 1180. The van der Waals surface area contributed by atoms with Gasteiger partial charge in [-0.05, 0) is 69.0 Å². The molecule has 0 aliphatic carbocycles. The molecule has 1 spiro atoms. The Kier molecular flexibility index (Phi) is 5.22. The molecule has 2 aliphatic rings. The number of hydrogen-bond acceptors (Lipinski definition) is 6. The number of pyridine rings is 1. The summed E-state index contributed by atoms with van der Waals surface area (Å²) in [4.78, 5) is 38.6. The number of benzene rings is 1. The van der Waals surface area contributed by atoms with Crippen LogP contribution in [0, 0.1) is 13.8 Å². The summed E-state index contributed by atoms with van der Waals surface area (Å²) in [5.41, 5.74) is 6.05. The number of nitrogens with zero attached hydrogens (tertiary/aromatic N) is 4. The molecule has 2 saturated heterocycles. The lowest BCUT2D eigenvalue weighted by atomic mass is 9.86. The number of rotatable bonds is 4. The van der Waals surface area contributed by atoms with Gasteiger partial charge in [-0.25, -0.2) is 9.78 Å². The molecule has 0 bridgehead atoms. The number of imide groups is 1. The first-order valence-electron chi connectivity index (χ1n) is 11.0. The first-order valence-corrected chi connectivity index (χ1v) is 11.9. The number of piperidine rings is 1. The van der Waals surface area contributed by atoms with Crippen molar-refractivity contribution >= 4 is 33.5 Å². The van der Waals surface area contributed by atoms with Gasteiger partial charge in [0.05, 0.1) is 22.3 Å². The van der Waals surface area contributed by atoms with Gasteiger partial charge in [0.1, 0.15) is 5.54 Å². The smallest absolute Gasteiger partial charge is 0.323 e. The van der Waals surface area contributed by atoms with E-state index in [1.54, 1.807) is 11.3 Å². The molecule has 5 rings (SSSR count). The molecular formula is C24H27N5O2S. The number of likely N-dealkylation sites (tertiary alicyclic amines) is 1. The van der Waals surface area contributed by atoms with Crippen molar-refractivity contribution in [2.45, 2.75) is 51.7 Å². The van der Waals surface area contributed by atoms with Crippen LogP contribution in [0.1, 0.15) is 48.3 Å². The van der Waals surface area contributed by atoms with E-state index in [4.69, 9.17) is 0 Å². The molecule has 7 nitrogen and oxygen atoms in total. The molecule has 1 aromatic carbocycles. The molecule has 166 valence electrons. The number of amides is 3. The van der Waals surface area contributed by atoms with Gasteiger partial charge in [0.15, 0.2) is 0 Å². The van der Waals surface area contributed by atoms with Crippen LogP contribution in [0.2, 0.25) is 0 Å². The third-order valence-electron chi connectivity index (χ3n) is 6.76. The van der Waals surface area contributed by atoms with Crippen molar-refractivity contribution in [2.75, 3.05) is 13.1 Å². The highest BCUT2D eigenvalue weighted by Crippen LogP contribution is 2.34. The predicted molar refractivity (Wildman–Crippen MR) is 124 cm³/mol. The van der Waals surface area contributed by atoms with Crippen LogP contribution in [-0.4, -0.2) is 50.3 Å². The summed E-state index contributed by atoms with van der Waals surface area (Å²) in [5, 5.41) is 3.03. The molecule has 1 atom stereocenters. The molecule has 0 unspecified atom stereocenters. The molecule has 4 heterocycles. The lowest BCUT2D eigenvalue weighted by Gasteiger charge is -2.40. The van der Waals surface area contributed by atoms with Crippen LogP contribution < -0.4 is 5.32 Å². The largest absolute Gasteiger partial charge is 0.325 e. The average molecular weight is 450 g/mol. The van der Waals surface area contributed by atoms with Crippen molar-refractivity contribution in [2.24, 2.45) is 0 Å². The van der Waals surface area contributed by atoms with Crippen LogP contribution in [-0.2, 0) is 11.3 Å². The summed E-state index contributed by atoms with van der Waals surface area (Å²) in [6.07, 6.45) is 1.23. The Labute approximate surface area is 191 Å². The highest BCUT2D eigenvalue weighted by molar-refractivity contribution is 7.16. The van der Waals surface area contributed by atoms with Crippen LogP contribution in [0.4, 0.5) is 4.79 Å². The second-order valence-electron chi connectivity index (χ2n) is 8.95. The van der Waals surface area contributed by atoms with Crippen LogP contribution in [0.15, 0.2) is 35.8 Å². The van der Waals surface area contributed by atoms with Gasteiger partial charge in [-0.2, -0.15) is 0 Å². The van der Waals surface area contributed by atoms with E-state index in [0.29, 0.717) is 12.8 Å². The SMILES string of the molecule is Cc1cc(CN2C(=O)NC3(CCN([C@@H](C)c4ccc5scnc5c4)CC3)C2=O)cc(C)n1. The maximum absolute atomic E-state index is 13.3. The van der Waals surface area contributed by atoms with Gasteiger partial charge in [-0.15, -0.1) is 11.3 Å². The van der Waals surface area contributed by atoms with E-state index in [0.717, 1.165) is 35.6 Å². The third kappa shape index (κ3) is 3.67. The number of aromatic nitrogens is 2. The van der Waals surface area contributed by atoms with Gasteiger partial charge in [-0.3, -0.25) is 19.6 Å². The van der Waals surface area contributed by atoms with Crippen LogP contribution in [0.25, 0.3) is 10.2 Å². The van der Waals surface area contributed by atoms with Gasteiger partial charge in [0.25, 0.3) is 5.91 Å². The molecule has 8 heteroatoms. The zero-order valence-corrected chi connectivity index (χ0v) is 19.4. The second kappa shape index (κ2) is 7.94. The molecule has 32 heavy (non-hydrogen) atoms. The average Bonchev–Trinajstić information content (AvgIpc) is 3.31. The van der Waals surface area contributed by atoms with E-state index in [9.17, 15) is 9.59 Å². The molecule has 3 amide bonds. The van der Waals surface area contributed by atoms with E-state index < -0.39 is 5.54 Å². The highest BCUT2D eigenvalue weighted by atomic mass is 32.1. The van der Waals surface area contributed by atoms with E-state index in [1.165, 1.54) is 15.2 Å². The molecule has 0 radical (unpaired) electrons. The number of urea groups is 1. The summed E-state index contributed by atoms with van der Waals surface area (Å²) >= 11 is 1.65. The van der Waals surface area contributed by atoms with E-state index in [2.05, 4.69) is 45.3 Å². The quantitative estimate of drug-likeness (QED) is 0.610. The van der Waals surface area contributed by atoms with E-state index in [1.807, 2.05) is 31.5 Å². The predicted octanol–water partition coefficient (Wildman–Crippen LogP) is 3.96. The molecular weight excluding hydrogens is 422 g/mol. The Morgan fingerprint density at radius 2 is 1.84 bits per heavy atom. The van der Waals surface area contributed by atoms with Crippen molar-refractivity contribution in [1.82, 2.24) is 25.1 Å². The first-order chi connectivity index (χ1) is 15.3. The van der Waals surface area contributed by atoms with Crippen molar-refractivity contribution in [3.63, 3.8) is 0 Å². The van der Waals surface area contributed by atoms with Gasteiger partial charge >= 0.3 is 6.03 Å². The fraction of sp³-hybridized carbons (Fsp3) is 0.417. The Balaban J connectivity index is 1.28. The van der Waals surface area contributed by atoms with Crippen molar-refractivity contribution in [1.29, 1.82) is 0 Å². The number of carbonyl (C=O) groups excluding carboxylic acids is 2. The van der Waals surface area contributed by atoms with Crippen LogP contribution >= 0.6 is 11.3 Å². The van der Waals surface area contributed by atoms with Gasteiger partial charge in [-0.1, -0.05) is 6.07 Å². The van der Waals surface area contributed by atoms with Crippen molar-refractivity contribution in [3.05, 3.63) is 58.4 Å². The summed E-state index contributed by atoms with van der Waals surface area (Å²) in [6, 6.07) is 10.2. The topological polar surface area (TPSA) is 78.4 Å². The van der Waals surface area contributed by atoms with Crippen molar-refractivity contribution in [3.8, 4) is 0 Å². The Morgan fingerprint density at radius 3 is 2.56 bits per heavy atom.